The molecule has 1 aromatic carbocycles. The van der Waals surface area contributed by atoms with Gasteiger partial charge in [0.2, 0.25) is 0 Å². The van der Waals surface area contributed by atoms with Crippen molar-refractivity contribution in [1.29, 1.82) is 0 Å². The number of rotatable bonds is 3. The number of benzene rings is 1. The quantitative estimate of drug-likeness (QED) is 0.940. The highest BCUT2D eigenvalue weighted by Gasteiger charge is 2.32. The molecule has 0 spiro atoms. The molecule has 0 bridgehead atoms. The van der Waals surface area contributed by atoms with Crippen molar-refractivity contribution in [3.8, 4) is 0 Å². The number of carbonyl (C=O) groups excluding carboxylic acids is 1. The second-order valence-corrected chi connectivity index (χ2v) is 4.24. The minimum Gasteiger partial charge on any atom is -0.348 e. The van der Waals surface area contributed by atoms with Gasteiger partial charge in [0.05, 0.1) is 17.3 Å². The lowest BCUT2D eigenvalue weighted by Gasteiger charge is -2.12. The SMILES string of the molecule is Cn1cc(C(=O)NCc2ccccc2C(F)(F)F)cn1. The molecule has 0 saturated carbocycles. The Kier molecular flexibility index (Phi) is 3.78. The maximum Gasteiger partial charge on any atom is 0.416 e. The lowest BCUT2D eigenvalue weighted by molar-refractivity contribution is -0.138. The van der Waals surface area contributed by atoms with Crippen LogP contribution < -0.4 is 5.32 Å². The third kappa shape index (κ3) is 3.17. The van der Waals surface area contributed by atoms with Gasteiger partial charge in [-0.15, -0.1) is 0 Å². The molecule has 0 atom stereocenters. The minimum absolute atomic E-state index is 0.0252. The lowest BCUT2D eigenvalue weighted by atomic mass is 10.1. The Balaban J connectivity index is 2.10. The van der Waals surface area contributed by atoms with E-state index in [9.17, 15) is 18.0 Å². The number of aryl methyl sites for hydroxylation is 1. The molecule has 0 saturated heterocycles. The maximum atomic E-state index is 12.8. The van der Waals surface area contributed by atoms with Gasteiger partial charge >= 0.3 is 6.18 Å². The maximum absolute atomic E-state index is 12.8. The Bertz CT molecular complexity index is 619. The molecule has 4 nitrogen and oxygen atoms in total. The number of hydrogen-bond acceptors (Lipinski definition) is 2. The van der Waals surface area contributed by atoms with E-state index in [0.717, 1.165) is 6.07 Å². The first kappa shape index (κ1) is 14.1. The van der Waals surface area contributed by atoms with Crippen molar-refractivity contribution in [1.82, 2.24) is 15.1 Å². The summed E-state index contributed by atoms with van der Waals surface area (Å²) in [5.74, 6) is -0.463. The average Bonchev–Trinajstić information content (AvgIpc) is 2.82. The molecule has 2 aromatic rings. The van der Waals surface area contributed by atoms with E-state index in [1.165, 1.54) is 35.3 Å². The summed E-state index contributed by atoms with van der Waals surface area (Å²) in [5, 5.41) is 6.27. The molecule has 1 amide bonds. The zero-order valence-corrected chi connectivity index (χ0v) is 10.6. The van der Waals surface area contributed by atoms with Gasteiger partial charge in [0.25, 0.3) is 5.91 Å². The number of alkyl halides is 3. The molecule has 1 aromatic heterocycles. The predicted octanol–water partition coefficient (Wildman–Crippen LogP) is 2.37. The fourth-order valence-electron chi connectivity index (χ4n) is 1.77. The molecule has 0 radical (unpaired) electrons. The van der Waals surface area contributed by atoms with Crippen LogP contribution in [0.2, 0.25) is 0 Å². The van der Waals surface area contributed by atoms with E-state index in [1.807, 2.05) is 0 Å². The average molecular weight is 283 g/mol. The highest BCUT2D eigenvalue weighted by atomic mass is 19.4. The van der Waals surface area contributed by atoms with E-state index < -0.39 is 17.6 Å². The van der Waals surface area contributed by atoms with Crippen LogP contribution in [-0.4, -0.2) is 15.7 Å². The summed E-state index contributed by atoms with van der Waals surface area (Å²) in [7, 11) is 1.65. The van der Waals surface area contributed by atoms with Gasteiger partial charge in [-0.3, -0.25) is 9.48 Å². The van der Waals surface area contributed by atoms with Crippen LogP contribution in [0.5, 0.6) is 0 Å². The van der Waals surface area contributed by atoms with Crippen molar-refractivity contribution in [3.63, 3.8) is 0 Å². The molecular formula is C13H12F3N3O. The standard InChI is InChI=1S/C13H12F3N3O/c1-19-8-10(7-18-19)12(20)17-6-9-4-2-3-5-11(9)13(14,15)16/h2-5,7-8H,6H2,1H3,(H,17,20). The van der Waals surface area contributed by atoms with Gasteiger partial charge in [-0.25, -0.2) is 0 Å². The normalized spacial score (nSPS) is 11.4. The van der Waals surface area contributed by atoms with E-state index in [2.05, 4.69) is 10.4 Å². The monoisotopic (exact) mass is 283 g/mol. The number of nitrogens with one attached hydrogen (secondary N) is 1. The van der Waals surface area contributed by atoms with Crippen molar-refractivity contribution < 1.29 is 18.0 Å². The summed E-state index contributed by atoms with van der Waals surface area (Å²) in [5.41, 5.74) is -0.416. The lowest BCUT2D eigenvalue weighted by Crippen LogP contribution is -2.24. The van der Waals surface area contributed by atoms with Gasteiger partial charge < -0.3 is 5.32 Å². The smallest absolute Gasteiger partial charge is 0.348 e. The Morgan fingerprint density at radius 1 is 1.35 bits per heavy atom. The van der Waals surface area contributed by atoms with Crippen LogP contribution in [0.1, 0.15) is 21.5 Å². The first-order valence-corrected chi connectivity index (χ1v) is 5.80. The molecule has 0 unspecified atom stereocenters. The van der Waals surface area contributed by atoms with Gasteiger partial charge in [0, 0.05) is 19.8 Å². The van der Waals surface area contributed by atoms with Crippen molar-refractivity contribution in [2.45, 2.75) is 12.7 Å². The van der Waals surface area contributed by atoms with E-state index in [1.54, 1.807) is 7.05 Å². The zero-order chi connectivity index (χ0) is 14.8. The third-order valence-corrected chi connectivity index (χ3v) is 2.73. The molecule has 106 valence electrons. The van der Waals surface area contributed by atoms with Gasteiger partial charge in [0.1, 0.15) is 0 Å². The van der Waals surface area contributed by atoms with Gasteiger partial charge in [0.15, 0.2) is 0 Å². The summed E-state index contributed by atoms with van der Waals surface area (Å²) in [6.45, 7) is -0.191. The Morgan fingerprint density at radius 3 is 2.65 bits per heavy atom. The zero-order valence-electron chi connectivity index (χ0n) is 10.6. The fourth-order valence-corrected chi connectivity index (χ4v) is 1.77. The Morgan fingerprint density at radius 2 is 2.05 bits per heavy atom. The molecule has 0 aliphatic heterocycles. The third-order valence-electron chi connectivity index (χ3n) is 2.73. The molecule has 0 aliphatic carbocycles. The highest BCUT2D eigenvalue weighted by Crippen LogP contribution is 2.31. The second-order valence-electron chi connectivity index (χ2n) is 4.24. The largest absolute Gasteiger partial charge is 0.416 e. The number of hydrogen-bond donors (Lipinski definition) is 1. The Labute approximate surface area is 113 Å². The molecule has 0 fully saturated rings. The van der Waals surface area contributed by atoms with Crippen LogP contribution in [0.3, 0.4) is 0 Å². The minimum atomic E-state index is -4.43. The fraction of sp³-hybridized carbons (Fsp3) is 0.231. The Hall–Kier alpha value is -2.31. The van der Waals surface area contributed by atoms with Gasteiger partial charge in [-0.05, 0) is 11.6 Å². The van der Waals surface area contributed by atoms with Gasteiger partial charge in [-0.1, -0.05) is 18.2 Å². The number of carbonyl (C=O) groups is 1. The van der Waals surface area contributed by atoms with Crippen molar-refractivity contribution in [3.05, 3.63) is 53.3 Å². The van der Waals surface area contributed by atoms with Crippen molar-refractivity contribution >= 4 is 5.91 Å². The van der Waals surface area contributed by atoms with E-state index in [0.29, 0.717) is 5.56 Å². The number of halogens is 3. The van der Waals surface area contributed by atoms with Crippen LogP contribution in [0.4, 0.5) is 13.2 Å². The summed E-state index contributed by atoms with van der Waals surface area (Å²) in [4.78, 5) is 11.7. The molecule has 1 heterocycles. The first-order chi connectivity index (χ1) is 9.38. The molecular weight excluding hydrogens is 271 g/mol. The van der Waals surface area contributed by atoms with Crippen LogP contribution in [0, 0.1) is 0 Å². The summed E-state index contributed by atoms with van der Waals surface area (Å²) in [6, 6.07) is 5.15. The molecule has 20 heavy (non-hydrogen) atoms. The van der Waals surface area contributed by atoms with Gasteiger partial charge in [-0.2, -0.15) is 18.3 Å². The van der Waals surface area contributed by atoms with Crippen LogP contribution in [0.15, 0.2) is 36.7 Å². The number of amides is 1. The molecule has 0 aliphatic rings. The number of aromatic nitrogens is 2. The highest BCUT2D eigenvalue weighted by molar-refractivity contribution is 5.93. The van der Waals surface area contributed by atoms with Crippen LogP contribution in [-0.2, 0) is 19.8 Å². The molecule has 2 rings (SSSR count). The van der Waals surface area contributed by atoms with Crippen molar-refractivity contribution in [2.24, 2.45) is 7.05 Å². The molecule has 1 N–H and O–H groups in total. The predicted molar refractivity (Wildman–Crippen MR) is 65.8 cm³/mol. The van der Waals surface area contributed by atoms with Crippen LogP contribution in [0.25, 0.3) is 0 Å². The van der Waals surface area contributed by atoms with Crippen LogP contribution >= 0.6 is 0 Å². The first-order valence-electron chi connectivity index (χ1n) is 5.80. The molecule has 7 heteroatoms. The van der Waals surface area contributed by atoms with Crippen molar-refractivity contribution in [2.75, 3.05) is 0 Å². The number of nitrogens with zero attached hydrogens (tertiary/aromatic N) is 2. The van der Waals surface area contributed by atoms with E-state index >= 15 is 0 Å². The second kappa shape index (κ2) is 5.36. The summed E-state index contributed by atoms with van der Waals surface area (Å²) in [6.07, 6.45) is -1.59. The topological polar surface area (TPSA) is 46.9 Å². The van der Waals surface area contributed by atoms with E-state index in [4.69, 9.17) is 0 Å². The summed E-state index contributed by atoms with van der Waals surface area (Å²) < 4.78 is 39.8. The summed E-state index contributed by atoms with van der Waals surface area (Å²) >= 11 is 0. The van der Waals surface area contributed by atoms with E-state index in [-0.39, 0.29) is 12.1 Å².